The van der Waals surface area contributed by atoms with Gasteiger partial charge in [-0.3, -0.25) is 24.0 Å². The summed E-state index contributed by atoms with van der Waals surface area (Å²) in [6.07, 6.45) is 0.295. The van der Waals surface area contributed by atoms with Gasteiger partial charge in [-0.2, -0.15) is 0 Å². The van der Waals surface area contributed by atoms with Crippen LogP contribution >= 0.6 is 0 Å². The van der Waals surface area contributed by atoms with Crippen molar-refractivity contribution in [2.45, 2.75) is 37.4 Å². The molecule has 1 aromatic carbocycles. The topological polar surface area (TPSA) is 126 Å². The van der Waals surface area contributed by atoms with E-state index < -0.39 is 23.8 Å². The standard InChI is InChI=1S/C30H46FN7O6/c1-33(2)12-13-35(5)30(43)24-9-11-27(40)36(6)18-28(41)38-16-21(32-26(39)17-34(3)4)15-22(38)19-44-25-10-8-20(31)14-23(25)29(42)37(24)7/h8,10,14,21-22,24H,9,11-13,15-19H2,1-7H3,(H,32,39)/t21-,22-,24-/m0/s1. The lowest BCUT2D eigenvalue weighted by atomic mass is 10.1. The van der Waals surface area contributed by atoms with Gasteiger partial charge in [-0.25, -0.2) is 4.39 Å². The minimum atomic E-state index is -1.02. The van der Waals surface area contributed by atoms with Gasteiger partial charge in [0.05, 0.1) is 24.7 Å². The highest BCUT2D eigenvalue weighted by molar-refractivity contribution is 5.99. The molecule has 3 atom stereocenters. The van der Waals surface area contributed by atoms with Gasteiger partial charge >= 0.3 is 0 Å². The van der Waals surface area contributed by atoms with Gasteiger partial charge in [-0.1, -0.05) is 0 Å². The molecular weight excluding hydrogens is 573 g/mol. The van der Waals surface area contributed by atoms with Crippen molar-refractivity contribution in [2.24, 2.45) is 0 Å². The Labute approximate surface area is 258 Å². The van der Waals surface area contributed by atoms with E-state index >= 15 is 0 Å². The summed E-state index contributed by atoms with van der Waals surface area (Å²) in [6, 6.07) is 1.75. The van der Waals surface area contributed by atoms with Crippen LogP contribution in [0.5, 0.6) is 5.75 Å². The second kappa shape index (κ2) is 15.3. The fourth-order valence-corrected chi connectivity index (χ4v) is 5.39. The maximum atomic E-state index is 14.5. The third kappa shape index (κ3) is 9.11. The highest BCUT2D eigenvalue weighted by atomic mass is 19.1. The molecule has 1 saturated heterocycles. The number of benzene rings is 1. The molecule has 1 fully saturated rings. The van der Waals surface area contributed by atoms with Gasteiger partial charge in [0.1, 0.15) is 24.2 Å². The highest BCUT2D eigenvalue weighted by Crippen LogP contribution is 2.26. The van der Waals surface area contributed by atoms with Crippen molar-refractivity contribution < 1.29 is 33.1 Å². The number of hydrogen-bond acceptors (Lipinski definition) is 8. The van der Waals surface area contributed by atoms with E-state index in [1.54, 1.807) is 30.9 Å². The molecule has 13 nitrogen and oxygen atoms in total. The van der Waals surface area contributed by atoms with E-state index in [1.165, 1.54) is 40.9 Å². The van der Waals surface area contributed by atoms with Gasteiger partial charge in [-0.15, -0.1) is 0 Å². The Kier molecular flexibility index (Phi) is 12.1. The summed E-state index contributed by atoms with van der Waals surface area (Å²) in [5.41, 5.74) is -0.0775. The number of carbonyl (C=O) groups excluding carboxylic acids is 5. The maximum absolute atomic E-state index is 14.5. The summed E-state index contributed by atoms with van der Waals surface area (Å²) in [4.78, 5) is 75.7. The molecule has 1 N–H and O–H groups in total. The van der Waals surface area contributed by atoms with Crippen molar-refractivity contribution in [3.05, 3.63) is 29.6 Å². The van der Waals surface area contributed by atoms with Crippen LogP contribution < -0.4 is 10.1 Å². The van der Waals surface area contributed by atoms with Gasteiger partial charge < -0.3 is 39.5 Å². The van der Waals surface area contributed by atoms with E-state index in [0.717, 1.165) is 6.07 Å². The van der Waals surface area contributed by atoms with Crippen LogP contribution in [0, 0.1) is 5.82 Å². The SMILES string of the molecule is CN(C)CCN(C)C(=O)[C@@H]1CCC(=O)N(C)CC(=O)N2C[C@@H](NC(=O)CN(C)C)C[C@H]2COc2ccc(F)cc2C(=O)N1C. The second-order valence-electron chi connectivity index (χ2n) is 12.2. The smallest absolute Gasteiger partial charge is 0.258 e. The Morgan fingerprint density at radius 1 is 1.02 bits per heavy atom. The van der Waals surface area contributed by atoms with E-state index in [9.17, 15) is 28.4 Å². The van der Waals surface area contributed by atoms with Crippen molar-refractivity contribution in [1.82, 2.24) is 34.7 Å². The fourth-order valence-electron chi connectivity index (χ4n) is 5.39. The number of nitrogens with one attached hydrogen (secondary N) is 1. The van der Waals surface area contributed by atoms with Crippen molar-refractivity contribution >= 4 is 29.5 Å². The third-order valence-corrected chi connectivity index (χ3v) is 7.92. The van der Waals surface area contributed by atoms with Crippen LogP contribution in [0.25, 0.3) is 0 Å². The molecule has 0 aliphatic carbocycles. The molecule has 0 saturated carbocycles. The number of amides is 5. The Balaban J connectivity index is 1.94. The fraction of sp³-hybridized carbons (Fsp3) is 0.633. The number of fused-ring (bicyclic) bond motifs is 2. The van der Waals surface area contributed by atoms with Crippen LogP contribution in [0.3, 0.4) is 0 Å². The predicted molar refractivity (Wildman–Crippen MR) is 161 cm³/mol. The average Bonchev–Trinajstić information content (AvgIpc) is 3.35. The van der Waals surface area contributed by atoms with Gasteiger partial charge in [0.15, 0.2) is 0 Å². The van der Waals surface area contributed by atoms with Gasteiger partial charge in [0, 0.05) is 53.2 Å². The van der Waals surface area contributed by atoms with Crippen LogP contribution in [-0.2, 0) is 19.2 Å². The van der Waals surface area contributed by atoms with Crippen molar-refractivity contribution in [1.29, 1.82) is 0 Å². The Morgan fingerprint density at radius 3 is 2.39 bits per heavy atom. The van der Waals surface area contributed by atoms with E-state index in [-0.39, 0.29) is 80.1 Å². The number of halogens is 1. The number of carbonyl (C=O) groups is 5. The summed E-state index contributed by atoms with van der Waals surface area (Å²) in [7, 11) is 11.9. The van der Waals surface area contributed by atoms with Crippen LogP contribution in [0.2, 0.25) is 0 Å². The predicted octanol–water partition coefficient (Wildman–Crippen LogP) is -0.435. The lowest BCUT2D eigenvalue weighted by molar-refractivity contribution is -0.141. The third-order valence-electron chi connectivity index (χ3n) is 7.92. The average molecular weight is 620 g/mol. The number of likely N-dealkylation sites (N-methyl/N-ethyl adjacent to an activating group) is 5. The van der Waals surface area contributed by atoms with Crippen LogP contribution in [0.15, 0.2) is 18.2 Å². The van der Waals surface area contributed by atoms with Crippen LogP contribution in [0.1, 0.15) is 29.6 Å². The first-order valence-electron chi connectivity index (χ1n) is 14.7. The quantitative estimate of drug-likeness (QED) is 0.436. The van der Waals surface area contributed by atoms with Crippen LogP contribution in [0.4, 0.5) is 4.39 Å². The Hall–Kier alpha value is -3.78. The minimum absolute atomic E-state index is 0.00255. The van der Waals surface area contributed by atoms with E-state index in [4.69, 9.17) is 4.74 Å². The molecule has 2 aliphatic rings. The zero-order chi connectivity index (χ0) is 32.7. The number of ether oxygens (including phenoxy) is 1. The lowest BCUT2D eigenvalue weighted by Gasteiger charge is -2.32. The molecule has 0 bridgehead atoms. The zero-order valence-corrected chi connectivity index (χ0v) is 26.8. The molecular formula is C30H46FN7O6. The summed E-state index contributed by atoms with van der Waals surface area (Å²) in [5.74, 6) is -2.42. The van der Waals surface area contributed by atoms with Gasteiger partial charge in [0.25, 0.3) is 5.91 Å². The normalized spacial score (nSPS) is 21.9. The monoisotopic (exact) mass is 619 g/mol. The number of rotatable bonds is 7. The van der Waals surface area contributed by atoms with Crippen LogP contribution in [-0.4, -0.2) is 166 Å². The van der Waals surface area contributed by atoms with Crippen molar-refractivity contribution in [3.63, 3.8) is 0 Å². The molecule has 5 amide bonds. The van der Waals surface area contributed by atoms with E-state index in [2.05, 4.69) is 5.32 Å². The van der Waals surface area contributed by atoms with Gasteiger partial charge in [-0.05, 0) is 59.2 Å². The highest BCUT2D eigenvalue weighted by Gasteiger charge is 2.38. The first-order chi connectivity index (χ1) is 20.7. The summed E-state index contributed by atoms with van der Waals surface area (Å²) in [6.45, 7) is 1.17. The summed E-state index contributed by atoms with van der Waals surface area (Å²) < 4.78 is 20.5. The molecule has 0 spiro atoms. The summed E-state index contributed by atoms with van der Waals surface area (Å²) in [5, 5.41) is 2.95. The molecule has 3 rings (SSSR count). The first-order valence-corrected chi connectivity index (χ1v) is 14.7. The molecule has 44 heavy (non-hydrogen) atoms. The molecule has 2 heterocycles. The minimum Gasteiger partial charge on any atom is -0.491 e. The molecule has 244 valence electrons. The van der Waals surface area contributed by atoms with Crippen molar-refractivity contribution in [3.8, 4) is 5.75 Å². The molecule has 2 aliphatic heterocycles. The zero-order valence-electron chi connectivity index (χ0n) is 26.8. The Bertz CT molecular complexity index is 1230. The number of hydrogen-bond donors (Lipinski definition) is 1. The van der Waals surface area contributed by atoms with Crippen molar-refractivity contribution in [2.75, 3.05) is 88.7 Å². The largest absolute Gasteiger partial charge is 0.491 e. The molecule has 1 aromatic rings. The second-order valence-corrected chi connectivity index (χ2v) is 12.2. The molecule has 0 radical (unpaired) electrons. The van der Waals surface area contributed by atoms with E-state index in [1.807, 2.05) is 19.0 Å². The molecule has 14 heteroatoms. The lowest BCUT2D eigenvalue weighted by Crippen LogP contribution is -2.50. The Morgan fingerprint density at radius 2 is 1.73 bits per heavy atom. The summed E-state index contributed by atoms with van der Waals surface area (Å²) >= 11 is 0. The number of nitrogens with zero attached hydrogens (tertiary/aromatic N) is 6. The maximum Gasteiger partial charge on any atom is 0.258 e. The molecule has 0 aromatic heterocycles. The van der Waals surface area contributed by atoms with E-state index in [0.29, 0.717) is 19.5 Å². The van der Waals surface area contributed by atoms with Gasteiger partial charge in [0.2, 0.25) is 23.6 Å². The first kappa shape index (κ1) is 34.7. The molecule has 0 unspecified atom stereocenters.